The highest BCUT2D eigenvalue weighted by Crippen LogP contribution is 1.96. The third-order valence-corrected chi connectivity index (χ3v) is 1.46. The minimum atomic E-state index is 0.811. The van der Waals surface area contributed by atoms with Crippen LogP contribution in [0.4, 0.5) is 0 Å². The van der Waals surface area contributed by atoms with E-state index >= 15 is 0 Å². The lowest BCUT2D eigenvalue weighted by atomic mass is 10.2. The summed E-state index contributed by atoms with van der Waals surface area (Å²) in [6.07, 6.45) is 4.67. The highest BCUT2D eigenvalue weighted by Gasteiger charge is 1.84. The molecule has 0 aliphatic carbocycles. The highest BCUT2D eigenvalue weighted by atomic mass is 14.8. The van der Waals surface area contributed by atoms with Gasteiger partial charge in [0.25, 0.3) is 0 Å². The molecule has 2 nitrogen and oxygen atoms in total. The van der Waals surface area contributed by atoms with Crippen LogP contribution in [0.3, 0.4) is 0 Å². The molecule has 0 fully saturated rings. The number of nitrogens with one attached hydrogen (secondary N) is 2. The molecule has 0 bridgehead atoms. The predicted molar refractivity (Wildman–Crippen MR) is 51.2 cm³/mol. The van der Waals surface area contributed by atoms with Crippen molar-refractivity contribution in [3.05, 3.63) is 48.2 Å². The van der Waals surface area contributed by atoms with Gasteiger partial charge in [-0.15, -0.1) is 0 Å². The average molecular weight is 160 g/mol. The van der Waals surface area contributed by atoms with Crippen LogP contribution in [-0.4, -0.2) is 6.21 Å². The molecule has 0 aliphatic rings. The molecule has 12 heavy (non-hydrogen) atoms. The van der Waals surface area contributed by atoms with Crippen molar-refractivity contribution in [2.24, 2.45) is 0 Å². The van der Waals surface area contributed by atoms with Gasteiger partial charge in [-0.25, -0.2) is 0 Å². The van der Waals surface area contributed by atoms with Crippen molar-refractivity contribution in [3.8, 4) is 0 Å². The Morgan fingerprint density at radius 2 is 2.00 bits per heavy atom. The molecular formula is C10H12N2. The molecule has 0 spiro atoms. The molecule has 2 heteroatoms. The highest BCUT2D eigenvalue weighted by molar-refractivity contribution is 5.67. The van der Waals surface area contributed by atoms with E-state index < -0.39 is 0 Å². The van der Waals surface area contributed by atoms with Crippen molar-refractivity contribution < 1.29 is 0 Å². The summed E-state index contributed by atoms with van der Waals surface area (Å²) in [6.45, 7) is 0.811. The molecule has 0 atom stereocenters. The molecule has 1 rings (SSSR count). The monoisotopic (exact) mass is 160 g/mol. The molecule has 0 heterocycles. The van der Waals surface area contributed by atoms with Crippen molar-refractivity contribution in [3.63, 3.8) is 0 Å². The fourth-order valence-corrected chi connectivity index (χ4v) is 0.889. The van der Waals surface area contributed by atoms with Crippen molar-refractivity contribution in [1.29, 1.82) is 5.41 Å². The first kappa shape index (κ1) is 8.53. The van der Waals surface area contributed by atoms with E-state index in [1.807, 2.05) is 18.2 Å². The summed E-state index contributed by atoms with van der Waals surface area (Å²) in [5, 5.41) is 9.80. The van der Waals surface area contributed by atoms with E-state index in [9.17, 15) is 0 Å². The summed E-state index contributed by atoms with van der Waals surface area (Å²) in [5.41, 5.74) is 1.24. The first-order valence-corrected chi connectivity index (χ1v) is 3.86. The van der Waals surface area contributed by atoms with Gasteiger partial charge in [0.15, 0.2) is 0 Å². The largest absolute Gasteiger partial charge is 0.387 e. The van der Waals surface area contributed by atoms with Gasteiger partial charge in [-0.1, -0.05) is 30.3 Å². The topological polar surface area (TPSA) is 35.9 Å². The van der Waals surface area contributed by atoms with Crippen LogP contribution in [0.1, 0.15) is 5.56 Å². The van der Waals surface area contributed by atoms with Crippen LogP contribution in [0.5, 0.6) is 0 Å². The van der Waals surface area contributed by atoms with Crippen LogP contribution >= 0.6 is 0 Å². The van der Waals surface area contributed by atoms with E-state index in [-0.39, 0.29) is 0 Å². The Hall–Kier alpha value is -1.57. The predicted octanol–water partition coefficient (Wildman–Crippen LogP) is 1.94. The fraction of sp³-hybridized carbons (Fsp3) is 0.100. The minimum absolute atomic E-state index is 0.811. The second kappa shape index (κ2) is 5.13. The summed E-state index contributed by atoms with van der Waals surface area (Å²) < 4.78 is 0. The smallest absolute Gasteiger partial charge is 0.0395 e. The third kappa shape index (κ3) is 3.01. The maximum absolute atomic E-state index is 6.73. The standard InChI is InChI=1S/C10H12N2/c11-7-4-8-12-9-10-5-2-1-3-6-10/h1-8,11-12H,9H2/b8-4-,11-7?. The maximum Gasteiger partial charge on any atom is 0.0395 e. The molecule has 0 amide bonds. The molecule has 0 radical (unpaired) electrons. The van der Waals surface area contributed by atoms with Crippen molar-refractivity contribution in [1.82, 2.24) is 5.32 Å². The fourth-order valence-electron chi connectivity index (χ4n) is 0.889. The molecule has 2 N–H and O–H groups in total. The Labute approximate surface area is 72.4 Å². The normalized spacial score (nSPS) is 10.0. The molecule has 0 saturated heterocycles. The SMILES string of the molecule is N=C/C=C\NCc1ccccc1. The molecule has 0 aromatic heterocycles. The average Bonchev–Trinajstić information content (AvgIpc) is 2.14. The quantitative estimate of drug-likeness (QED) is 0.649. The van der Waals surface area contributed by atoms with Crippen LogP contribution in [0, 0.1) is 5.41 Å². The van der Waals surface area contributed by atoms with E-state index in [1.54, 1.807) is 12.3 Å². The van der Waals surface area contributed by atoms with Gasteiger partial charge in [-0.3, -0.25) is 0 Å². The van der Waals surface area contributed by atoms with E-state index in [4.69, 9.17) is 5.41 Å². The zero-order valence-electron chi connectivity index (χ0n) is 6.83. The van der Waals surface area contributed by atoms with E-state index in [1.165, 1.54) is 11.8 Å². The lowest BCUT2D eigenvalue weighted by Crippen LogP contribution is -2.03. The van der Waals surface area contributed by atoms with Crippen LogP contribution in [0.15, 0.2) is 42.6 Å². The van der Waals surface area contributed by atoms with Gasteiger partial charge in [-0.05, 0) is 17.8 Å². The second-order valence-electron chi connectivity index (χ2n) is 2.39. The molecule has 1 aromatic rings. The Morgan fingerprint density at radius 3 is 2.67 bits per heavy atom. The van der Waals surface area contributed by atoms with E-state index in [0.29, 0.717) is 0 Å². The number of rotatable bonds is 4. The summed E-state index contributed by atoms with van der Waals surface area (Å²) in [7, 11) is 0. The summed E-state index contributed by atoms with van der Waals surface area (Å²) in [4.78, 5) is 0. The van der Waals surface area contributed by atoms with Gasteiger partial charge in [-0.2, -0.15) is 0 Å². The first-order valence-electron chi connectivity index (χ1n) is 3.86. The minimum Gasteiger partial charge on any atom is -0.387 e. The number of hydrogen-bond donors (Lipinski definition) is 2. The molecule has 62 valence electrons. The van der Waals surface area contributed by atoms with E-state index in [0.717, 1.165) is 6.54 Å². The summed E-state index contributed by atoms with van der Waals surface area (Å²) >= 11 is 0. The lowest BCUT2D eigenvalue weighted by Gasteiger charge is -1.98. The van der Waals surface area contributed by atoms with E-state index in [2.05, 4.69) is 17.4 Å². The Balaban J connectivity index is 2.33. The van der Waals surface area contributed by atoms with Gasteiger partial charge < -0.3 is 10.7 Å². The van der Waals surface area contributed by atoms with Gasteiger partial charge in [0.05, 0.1) is 0 Å². The Morgan fingerprint density at radius 1 is 1.25 bits per heavy atom. The van der Waals surface area contributed by atoms with Gasteiger partial charge in [0.2, 0.25) is 0 Å². The molecule has 0 saturated carbocycles. The number of allylic oxidation sites excluding steroid dienone is 1. The maximum atomic E-state index is 6.73. The molecule has 0 unspecified atom stereocenters. The summed E-state index contributed by atoms with van der Waals surface area (Å²) in [6, 6.07) is 10.1. The Bertz CT molecular complexity index is 252. The second-order valence-corrected chi connectivity index (χ2v) is 2.39. The molecule has 0 aliphatic heterocycles. The first-order chi connectivity index (χ1) is 5.93. The van der Waals surface area contributed by atoms with Crippen LogP contribution in [0.2, 0.25) is 0 Å². The lowest BCUT2D eigenvalue weighted by molar-refractivity contribution is 0.871. The zero-order chi connectivity index (χ0) is 8.65. The van der Waals surface area contributed by atoms with Crippen molar-refractivity contribution >= 4 is 6.21 Å². The number of hydrogen-bond acceptors (Lipinski definition) is 2. The summed E-state index contributed by atoms with van der Waals surface area (Å²) in [5.74, 6) is 0. The van der Waals surface area contributed by atoms with Crippen molar-refractivity contribution in [2.75, 3.05) is 0 Å². The molecular weight excluding hydrogens is 148 g/mol. The third-order valence-electron chi connectivity index (χ3n) is 1.46. The zero-order valence-corrected chi connectivity index (χ0v) is 6.83. The van der Waals surface area contributed by atoms with Crippen LogP contribution < -0.4 is 5.32 Å². The van der Waals surface area contributed by atoms with Gasteiger partial charge in [0, 0.05) is 12.8 Å². The Kier molecular flexibility index (Phi) is 3.64. The number of benzene rings is 1. The van der Waals surface area contributed by atoms with Crippen LogP contribution in [0.25, 0.3) is 0 Å². The van der Waals surface area contributed by atoms with Crippen LogP contribution in [-0.2, 0) is 6.54 Å². The van der Waals surface area contributed by atoms with Gasteiger partial charge in [0.1, 0.15) is 0 Å². The molecule has 1 aromatic carbocycles. The van der Waals surface area contributed by atoms with Gasteiger partial charge >= 0.3 is 0 Å². The van der Waals surface area contributed by atoms with Crippen molar-refractivity contribution in [2.45, 2.75) is 6.54 Å².